The molecule has 2 rings (SSSR count). The fourth-order valence-corrected chi connectivity index (χ4v) is 3.77. The number of halogens is 2. The van der Waals surface area contributed by atoms with Crippen LogP contribution in [0.3, 0.4) is 0 Å². The molecule has 1 heterocycles. The Morgan fingerprint density at radius 2 is 2.22 bits per heavy atom. The van der Waals surface area contributed by atoms with Gasteiger partial charge in [-0.05, 0) is 37.1 Å². The second kappa shape index (κ2) is 5.13. The number of sulfonamides is 1. The Bertz CT molecular complexity index is 550. The molecule has 0 aliphatic carbocycles. The van der Waals surface area contributed by atoms with E-state index in [1.807, 2.05) is 0 Å². The molecule has 0 unspecified atom stereocenters. The number of nitrogens with zero attached hydrogens (tertiary/aromatic N) is 1. The summed E-state index contributed by atoms with van der Waals surface area (Å²) in [5.41, 5.74) is 5.51. The van der Waals surface area contributed by atoms with Gasteiger partial charge in [0.25, 0.3) is 0 Å². The van der Waals surface area contributed by atoms with Crippen LogP contribution in [0.2, 0.25) is 5.02 Å². The quantitative estimate of drug-likeness (QED) is 0.917. The molecule has 0 spiro atoms. The van der Waals surface area contributed by atoms with Crippen LogP contribution in [0.5, 0.6) is 0 Å². The summed E-state index contributed by atoms with van der Waals surface area (Å²) in [4.78, 5) is -0.329. The van der Waals surface area contributed by atoms with Crippen molar-refractivity contribution in [3.63, 3.8) is 0 Å². The normalized spacial score (nSPS) is 21.4. The van der Waals surface area contributed by atoms with Crippen molar-refractivity contribution < 1.29 is 12.8 Å². The maximum atomic E-state index is 13.7. The molecule has 1 aliphatic heterocycles. The first-order valence-electron chi connectivity index (χ1n) is 5.60. The van der Waals surface area contributed by atoms with E-state index in [-0.39, 0.29) is 15.8 Å². The van der Waals surface area contributed by atoms with Crippen molar-refractivity contribution in [1.29, 1.82) is 0 Å². The van der Waals surface area contributed by atoms with Gasteiger partial charge in [0.15, 0.2) is 0 Å². The summed E-state index contributed by atoms with van der Waals surface area (Å²) >= 11 is 5.61. The smallest absolute Gasteiger partial charge is 0.245 e. The number of hydrogen-bond acceptors (Lipinski definition) is 3. The molecule has 0 saturated carbocycles. The minimum Gasteiger partial charge on any atom is -0.330 e. The summed E-state index contributed by atoms with van der Waals surface area (Å²) in [6.45, 7) is 1.17. The van der Waals surface area contributed by atoms with E-state index in [0.29, 0.717) is 26.1 Å². The van der Waals surface area contributed by atoms with Gasteiger partial charge in [0.1, 0.15) is 10.7 Å². The Morgan fingerprint density at radius 1 is 1.50 bits per heavy atom. The zero-order valence-corrected chi connectivity index (χ0v) is 11.2. The molecule has 4 nitrogen and oxygen atoms in total. The van der Waals surface area contributed by atoms with Gasteiger partial charge in [0, 0.05) is 18.1 Å². The maximum absolute atomic E-state index is 13.7. The summed E-state index contributed by atoms with van der Waals surface area (Å²) in [7, 11) is -3.79. The minimum absolute atomic E-state index is 0.148. The van der Waals surface area contributed by atoms with Crippen LogP contribution >= 0.6 is 11.6 Å². The summed E-state index contributed by atoms with van der Waals surface area (Å²) in [6, 6.07) is 3.57. The van der Waals surface area contributed by atoms with Crippen molar-refractivity contribution >= 4 is 21.6 Å². The lowest BCUT2D eigenvalue weighted by Gasteiger charge is -2.16. The highest BCUT2D eigenvalue weighted by atomic mass is 35.5. The molecule has 0 aromatic heterocycles. The Labute approximate surface area is 111 Å². The van der Waals surface area contributed by atoms with Gasteiger partial charge in [-0.2, -0.15) is 4.31 Å². The monoisotopic (exact) mass is 292 g/mol. The van der Waals surface area contributed by atoms with E-state index in [9.17, 15) is 12.8 Å². The van der Waals surface area contributed by atoms with Crippen LogP contribution in [-0.2, 0) is 10.0 Å². The van der Waals surface area contributed by atoms with Crippen LogP contribution in [0.25, 0.3) is 0 Å². The predicted octanol–water partition coefficient (Wildman–Crippen LogP) is 1.45. The lowest BCUT2D eigenvalue weighted by molar-refractivity contribution is 0.453. The van der Waals surface area contributed by atoms with Crippen LogP contribution in [0.15, 0.2) is 23.1 Å². The fourth-order valence-electron chi connectivity index (χ4n) is 2.03. The first-order valence-corrected chi connectivity index (χ1v) is 7.42. The largest absolute Gasteiger partial charge is 0.330 e. The molecule has 1 aromatic rings. The molecule has 0 amide bonds. The van der Waals surface area contributed by atoms with Gasteiger partial charge in [-0.15, -0.1) is 0 Å². The Balaban J connectivity index is 2.31. The Hall–Kier alpha value is -0.690. The number of benzene rings is 1. The third-order valence-electron chi connectivity index (χ3n) is 3.09. The highest BCUT2D eigenvalue weighted by Crippen LogP contribution is 2.26. The molecule has 1 aliphatic rings. The predicted molar refractivity (Wildman–Crippen MR) is 67.3 cm³/mol. The lowest BCUT2D eigenvalue weighted by Crippen LogP contribution is -2.30. The average Bonchev–Trinajstić information content (AvgIpc) is 2.77. The van der Waals surface area contributed by atoms with Gasteiger partial charge in [-0.1, -0.05) is 11.6 Å². The zero-order chi connectivity index (χ0) is 13.3. The topological polar surface area (TPSA) is 63.4 Å². The molecule has 7 heteroatoms. The Kier molecular flexibility index (Phi) is 3.91. The van der Waals surface area contributed by atoms with Crippen molar-refractivity contribution in [3.05, 3.63) is 29.0 Å². The molecule has 1 saturated heterocycles. The average molecular weight is 293 g/mol. The summed E-state index contributed by atoms with van der Waals surface area (Å²) in [5.74, 6) is -0.672. The first kappa shape index (κ1) is 13.7. The third kappa shape index (κ3) is 2.51. The van der Waals surface area contributed by atoms with Crippen LogP contribution < -0.4 is 5.73 Å². The molecular weight excluding hydrogens is 279 g/mol. The second-order valence-corrected chi connectivity index (χ2v) is 6.67. The molecule has 1 aromatic carbocycles. The third-order valence-corrected chi connectivity index (χ3v) is 5.23. The highest BCUT2D eigenvalue weighted by molar-refractivity contribution is 7.89. The summed E-state index contributed by atoms with van der Waals surface area (Å²) in [5, 5.41) is 0.174. The van der Waals surface area contributed by atoms with E-state index in [2.05, 4.69) is 0 Å². The van der Waals surface area contributed by atoms with E-state index in [1.165, 1.54) is 16.4 Å². The number of hydrogen-bond donors (Lipinski definition) is 1. The van der Waals surface area contributed by atoms with E-state index in [4.69, 9.17) is 17.3 Å². The van der Waals surface area contributed by atoms with Crippen molar-refractivity contribution in [2.75, 3.05) is 19.6 Å². The SMILES string of the molecule is NC[C@H]1CCN(S(=O)(=O)c2ccc(Cl)cc2F)C1. The van der Waals surface area contributed by atoms with Crippen LogP contribution in [0.4, 0.5) is 4.39 Å². The fraction of sp³-hybridized carbons (Fsp3) is 0.455. The van der Waals surface area contributed by atoms with E-state index in [1.54, 1.807) is 0 Å². The zero-order valence-electron chi connectivity index (χ0n) is 9.64. The van der Waals surface area contributed by atoms with Crippen molar-refractivity contribution in [1.82, 2.24) is 4.31 Å². The van der Waals surface area contributed by atoms with Crippen molar-refractivity contribution in [2.45, 2.75) is 11.3 Å². The van der Waals surface area contributed by atoms with E-state index in [0.717, 1.165) is 6.07 Å². The van der Waals surface area contributed by atoms with Gasteiger partial charge >= 0.3 is 0 Å². The summed E-state index contributed by atoms with van der Waals surface area (Å²) in [6.07, 6.45) is 0.713. The number of nitrogens with two attached hydrogens (primary N) is 1. The van der Waals surface area contributed by atoms with Gasteiger partial charge in [-0.3, -0.25) is 0 Å². The lowest BCUT2D eigenvalue weighted by atomic mass is 10.1. The van der Waals surface area contributed by atoms with Gasteiger partial charge < -0.3 is 5.73 Å². The van der Waals surface area contributed by atoms with Crippen LogP contribution in [-0.4, -0.2) is 32.4 Å². The van der Waals surface area contributed by atoms with Gasteiger partial charge in [0.05, 0.1) is 0 Å². The van der Waals surface area contributed by atoms with Gasteiger partial charge in [0.2, 0.25) is 10.0 Å². The Morgan fingerprint density at radius 3 is 2.78 bits per heavy atom. The van der Waals surface area contributed by atoms with Crippen molar-refractivity contribution in [3.8, 4) is 0 Å². The van der Waals surface area contributed by atoms with E-state index >= 15 is 0 Å². The molecule has 0 bridgehead atoms. The maximum Gasteiger partial charge on any atom is 0.245 e. The van der Waals surface area contributed by atoms with E-state index < -0.39 is 15.8 Å². The standard InChI is InChI=1S/C11H14ClFN2O2S/c12-9-1-2-11(10(13)5-9)18(16,17)15-4-3-8(6-14)7-15/h1-2,5,8H,3-4,6-7,14H2/t8-/m1/s1. The van der Waals surface area contributed by atoms with Crippen molar-refractivity contribution in [2.24, 2.45) is 11.7 Å². The molecule has 0 radical (unpaired) electrons. The molecule has 1 atom stereocenters. The molecule has 18 heavy (non-hydrogen) atoms. The molecular formula is C11H14ClFN2O2S. The minimum atomic E-state index is -3.79. The van der Waals surface area contributed by atoms with Gasteiger partial charge in [-0.25, -0.2) is 12.8 Å². The molecule has 2 N–H and O–H groups in total. The van der Waals surface area contributed by atoms with Crippen LogP contribution in [0, 0.1) is 11.7 Å². The highest BCUT2D eigenvalue weighted by Gasteiger charge is 2.33. The molecule has 1 fully saturated rings. The summed E-state index contributed by atoms with van der Waals surface area (Å²) < 4.78 is 39.4. The van der Waals surface area contributed by atoms with Crippen LogP contribution in [0.1, 0.15) is 6.42 Å². The second-order valence-electron chi connectivity index (χ2n) is 4.33. The number of rotatable bonds is 3. The molecule has 100 valence electrons. The first-order chi connectivity index (χ1) is 8.45.